The van der Waals surface area contributed by atoms with Gasteiger partial charge in [-0.1, -0.05) is 27.7 Å². The number of alkyl halides is 3. The topological polar surface area (TPSA) is 50.2 Å². The Hall–Kier alpha value is -2.24. The van der Waals surface area contributed by atoms with Gasteiger partial charge in [-0.15, -0.1) is 0 Å². The van der Waals surface area contributed by atoms with E-state index in [0.717, 1.165) is 67.4 Å². The smallest absolute Gasteiger partial charge is 0 e. The number of halogens is 3. The van der Waals surface area contributed by atoms with Crippen LogP contribution in [0.5, 0.6) is 0 Å². The van der Waals surface area contributed by atoms with Crippen LogP contribution in [0.1, 0.15) is 97.5 Å². The molecule has 0 fully saturated rings. The summed E-state index contributed by atoms with van der Waals surface area (Å²) in [6.07, 6.45) is 1.39. The van der Waals surface area contributed by atoms with Gasteiger partial charge >= 0.3 is 182 Å². The fourth-order valence-corrected chi connectivity index (χ4v) is 8.25. The fourth-order valence-electron chi connectivity index (χ4n) is 5.56. The molecule has 0 atom stereocenters. The van der Waals surface area contributed by atoms with E-state index < -0.39 is 12.6 Å². The molecule has 2 aromatic carbocycles. The van der Waals surface area contributed by atoms with E-state index in [-0.39, 0.29) is 75.9 Å². The standard InChI is InChI=1S/C25H23F3NSe.C13H24O2.Ir/c1-15-18-10-12-29-22(23(18)30-21(15)9-11-25(26,27)28)17-13-16-7-5-6-8-19(16)20(14-17)24(2,3)4;1-5-10(6-2)12(14)9-13(15)11(7-3)8-4;/h5-8,10,12,14H,9,11H2,1-4H3;9-11,14H,5-8H2,1-4H3;/q-1;;/b;12-9-;/i10D;;. The van der Waals surface area contributed by atoms with Gasteiger partial charge in [-0.05, 0) is 25.7 Å². The van der Waals surface area contributed by atoms with Crippen molar-refractivity contribution in [3.8, 4) is 11.3 Å². The molecule has 1 radical (unpaired) electrons. The number of pyridine rings is 1. The largest absolute Gasteiger partial charge is 0 e. The molecule has 0 aliphatic heterocycles. The summed E-state index contributed by atoms with van der Waals surface area (Å²) < 4.78 is 48.5. The molecule has 3 nitrogen and oxygen atoms in total. The van der Waals surface area contributed by atoms with Crippen LogP contribution in [-0.4, -0.2) is 36.6 Å². The molecule has 0 saturated carbocycles. The number of carbonyl (C=O) groups is 1. The van der Waals surface area contributed by atoms with Crippen molar-refractivity contribution in [2.45, 2.75) is 106 Å². The first-order chi connectivity index (χ1) is 21.6. The Morgan fingerprint density at radius 3 is 2.22 bits per heavy atom. The Bertz CT molecular complexity index is 1680. The summed E-state index contributed by atoms with van der Waals surface area (Å²) in [5.41, 5.74) is 3.47. The van der Waals surface area contributed by atoms with Gasteiger partial charge in [0.25, 0.3) is 0 Å². The molecule has 0 saturated heterocycles. The van der Waals surface area contributed by atoms with E-state index in [1.54, 1.807) is 0 Å². The third kappa shape index (κ3) is 10.1. The molecule has 2 aromatic heterocycles. The molecule has 0 unspecified atom stereocenters. The first-order valence-electron chi connectivity index (χ1n) is 16.4. The predicted octanol–water partition coefficient (Wildman–Crippen LogP) is 10.9. The minimum Gasteiger partial charge on any atom is 0 e. The van der Waals surface area contributed by atoms with Gasteiger partial charge in [0.1, 0.15) is 0 Å². The molecule has 2 heterocycles. The van der Waals surface area contributed by atoms with Crippen molar-refractivity contribution in [1.82, 2.24) is 4.98 Å². The number of ketones is 1. The molecule has 0 aliphatic rings. The van der Waals surface area contributed by atoms with E-state index in [4.69, 9.17) is 1.37 Å². The van der Waals surface area contributed by atoms with E-state index >= 15 is 0 Å². The first kappa shape index (κ1) is 38.2. The summed E-state index contributed by atoms with van der Waals surface area (Å²) in [5, 5.41) is 12.6. The number of benzene rings is 2. The van der Waals surface area contributed by atoms with E-state index in [9.17, 15) is 23.1 Å². The fraction of sp³-hybridized carbons (Fsp3) is 0.474. The van der Waals surface area contributed by atoms with Gasteiger partial charge in [0, 0.05) is 38.0 Å². The second-order valence-corrected chi connectivity index (χ2v) is 14.9. The number of carbonyl (C=O) groups excluding carboxylic acids is 1. The first-order valence-corrected chi connectivity index (χ1v) is 17.6. The molecule has 0 bridgehead atoms. The zero-order valence-electron chi connectivity index (χ0n) is 29.1. The van der Waals surface area contributed by atoms with Crippen LogP contribution in [0.15, 0.2) is 54.4 Å². The number of fused-ring (bicyclic) bond motifs is 2. The summed E-state index contributed by atoms with van der Waals surface area (Å²) in [6.45, 7) is 16.4. The molecule has 0 aliphatic carbocycles. The Morgan fingerprint density at radius 1 is 1.04 bits per heavy atom. The second-order valence-electron chi connectivity index (χ2n) is 12.6. The van der Waals surface area contributed by atoms with Crippen LogP contribution in [-0.2, 0) is 36.7 Å². The Kier molecular flexibility index (Phi) is 14.3. The summed E-state index contributed by atoms with van der Waals surface area (Å²) in [6, 6.07) is 14.0. The Balaban J connectivity index is 0.000000410. The molecule has 0 spiro atoms. The third-order valence-electron chi connectivity index (χ3n) is 8.42. The molecule has 0 amide bonds. The zero-order valence-corrected chi connectivity index (χ0v) is 32.2. The SMILES string of the molecule is CCC(CC)C(=O)/C=C(\O)C(CC)CC.[2H]c1cnc(-c2[c-]c3ccccc3c(C(C)(C)C)c2)c2[se]c(CCC(F)(F)F)c(C)c12.[Ir]. The molecule has 4 aromatic rings. The average Bonchev–Trinajstić information content (AvgIpc) is 3.33. The maximum absolute atomic E-state index is 12.8. The van der Waals surface area contributed by atoms with E-state index in [0.29, 0.717) is 0 Å². The zero-order chi connectivity index (χ0) is 34.4. The quantitative estimate of drug-likeness (QED) is 0.0747. The number of aliphatic hydroxyl groups excluding tert-OH is 1. The average molecular weight is 879 g/mol. The van der Waals surface area contributed by atoms with Crippen LogP contribution < -0.4 is 0 Å². The number of aryl methyl sites for hydroxylation is 2. The molecule has 253 valence electrons. The van der Waals surface area contributed by atoms with Gasteiger partial charge in [-0.25, -0.2) is 0 Å². The van der Waals surface area contributed by atoms with E-state index in [2.05, 4.69) is 44.0 Å². The number of aromatic nitrogens is 1. The maximum atomic E-state index is 12.8. The summed E-state index contributed by atoms with van der Waals surface area (Å²) in [7, 11) is 0. The number of nitrogens with zero attached hydrogens (tertiary/aromatic N) is 1. The van der Waals surface area contributed by atoms with Crippen molar-refractivity contribution in [3.05, 3.63) is 76.0 Å². The normalized spacial score (nSPS) is 12.7. The van der Waals surface area contributed by atoms with Gasteiger partial charge in [0.05, 0.1) is 5.76 Å². The van der Waals surface area contributed by atoms with Crippen LogP contribution in [0, 0.1) is 24.8 Å². The Labute approximate surface area is 293 Å². The summed E-state index contributed by atoms with van der Waals surface area (Å²) >= 11 is -0.286. The van der Waals surface area contributed by atoms with E-state index in [1.165, 1.54) is 17.8 Å². The number of hydrogen-bond acceptors (Lipinski definition) is 3. The third-order valence-corrected chi connectivity index (χ3v) is 11.3. The number of allylic oxidation sites excluding steroid dienone is 2. The minimum absolute atomic E-state index is 0. The van der Waals surface area contributed by atoms with Crippen molar-refractivity contribution >= 4 is 40.7 Å². The van der Waals surface area contributed by atoms with Crippen LogP contribution >= 0.6 is 0 Å². The molecule has 1 N–H and O–H groups in total. The summed E-state index contributed by atoms with van der Waals surface area (Å²) in [5.74, 6) is 0.547. The van der Waals surface area contributed by atoms with Gasteiger partial charge in [0.15, 0.2) is 5.78 Å². The van der Waals surface area contributed by atoms with Gasteiger partial charge in [-0.3, -0.25) is 4.79 Å². The van der Waals surface area contributed by atoms with Crippen molar-refractivity contribution < 1.29 is 44.5 Å². The number of aliphatic hydroxyl groups is 1. The second kappa shape index (κ2) is 17.2. The van der Waals surface area contributed by atoms with Crippen LogP contribution in [0.4, 0.5) is 13.2 Å². The number of hydrogen-bond donors (Lipinski definition) is 1. The molecule has 4 rings (SSSR count). The van der Waals surface area contributed by atoms with Crippen molar-refractivity contribution in [2.24, 2.45) is 11.8 Å². The summed E-state index contributed by atoms with van der Waals surface area (Å²) in [4.78, 5) is 16.3. The van der Waals surface area contributed by atoms with Crippen LogP contribution in [0.25, 0.3) is 31.7 Å². The van der Waals surface area contributed by atoms with Crippen molar-refractivity contribution in [2.75, 3.05) is 0 Å². The monoisotopic (exact) mass is 880 g/mol. The van der Waals surface area contributed by atoms with Crippen LogP contribution in [0.3, 0.4) is 0 Å². The van der Waals surface area contributed by atoms with Crippen molar-refractivity contribution in [3.63, 3.8) is 0 Å². The van der Waals surface area contributed by atoms with Crippen LogP contribution in [0.2, 0.25) is 0 Å². The van der Waals surface area contributed by atoms with Crippen molar-refractivity contribution in [1.29, 1.82) is 0 Å². The molecular formula is C38H47F3IrNO2Se-. The minimum atomic E-state index is -4.18. The molecule has 46 heavy (non-hydrogen) atoms. The molecule has 8 heteroatoms. The Morgan fingerprint density at radius 2 is 1.65 bits per heavy atom. The van der Waals surface area contributed by atoms with E-state index in [1.807, 2.05) is 52.8 Å². The van der Waals surface area contributed by atoms with Gasteiger partial charge in [-0.2, -0.15) is 0 Å². The number of rotatable bonds is 10. The molecular weight excluding hydrogens is 831 g/mol. The predicted molar refractivity (Wildman–Crippen MR) is 182 cm³/mol. The van der Waals surface area contributed by atoms with Gasteiger partial charge in [0.2, 0.25) is 0 Å². The van der Waals surface area contributed by atoms with Gasteiger partial charge < -0.3 is 5.11 Å². The maximum Gasteiger partial charge on any atom is 0 e.